The summed E-state index contributed by atoms with van der Waals surface area (Å²) in [4.78, 5) is 17.8. The quantitative estimate of drug-likeness (QED) is 0.286. The number of rotatable bonds is 5. The highest BCUT2D eigenvalue weighted by Gasteiger charge is 2.28. The molecule has 1 fully saturated rings. The monoisotopic (exact) mass is 492 g/mol. The van der Waals surface area contributed by atoms with Crippen LogP contribution in [0.2, 0.25) is 0 Å². The first-order valence-corrected chi connectivity index (χ1v) is 9.48. The van der Waals surface area contributed by atoms with E-state index >= 15 is 0 Å². The number of nitrogens with zero attached hydrogens (tertiary/aromatic N) is 2. The van der Waals surface area contributed by atoms with Crippen LogP contribution >= 0.6 is 35.7 Å². The van der Waals surface area contributed by atoms with Crippen LogP contribution in [-0.4, -0.2) is 60.6 Å². The Morgan fingerprint density at radius 3 is 2.85 bits per heavy atom. The van der Waals surface area contributed by atoms with Gasteiger partial charge in [0.25, 0.3) is 0 Å². The first-order valence-electron chi connectivity index (χ1n) is 8.50. The third-order valence-electron chi connectivity index (χ3n) is 3.75. The lowest BCUT2D eigenvalue weighted by atomic mass is 10.2. The number of carbonyl (C=O) groups excluding carboxylic acids is 1. The average molecular weight is 492 g/mol. The molecule has 1 aromatic rings. The predicted molar refractivity (Wildman–Crippen MR) is 121 cm³/mol. The molecule has 0 radical (unpaired) electrons. The third kappa shape index (κ3) is 7.61. The normalized spacial score (nSPS) is 16.5. The van der Waals surface area contributed by atoms with E-state index in [-0.39, 0.29) is 34.6 Å². The molecule has 146 valence electrons. The van der Waals surface area contributed by atoms with Crippen LogP contribution in [0, 0.1) is 0 Å². The van der Waals surface area contributed by atoms with Gasteiger partial charge in [0.05, 0.1) is 6.54 Å². The molecule has 1 aromatic carbocycles. The molecule has 2 rings (SSSR count). The maximum absolute atomic E-state index is 11.1. The van der Waals surface area contributed by atoms with Gasteiger partial charge in [-0.25, -0.2) is 0 Å². The van der Waals surface area contributed by atoms with Gasteiger partial charge in [-0.05, 0) is 26.0 Å². The van der Waals surface area contributed by atoms with Crippen molar-refractivity contribution in [2.45, 2.75) is 25.5 Å². The first kappa shape index (κ1) is 22.9. The van der Waals surface area contributed by atoms with Crippen LogP contribution in [0.4, 0.5) is 5.69 Å². The zero-order chi connectivity index (χ0) is 18.3. The number of anilines is 1. The maximum Gasteiger partial charge on any atom is 0.221 e. The number of guanidine groups is 1. The lowest BCUT2D eigenvalue weighted by Gasteiger charge is -2.39. The van der Waals surface area contributed by atoms with Crippen molar-refractivity contribution >= 4 is 53.3 Å². The number of halogens is 1. The van der Waals surface area contributed by atoms with Crippen molar-refractivity contribution in [1.82, 2.24) is 10.2 Å². The topological polar surface area (TPSA) is 66.0 Å². The van der Waals surface area contributed by atoms with E-state index < -0.39 is 0 Å². The molecule has 6 nitrogen and oxygen atoms in total. The van der Waals surface area contributed by atoms with Gasteiger partial charge in [-0.2, -0.15) is 11.8 Å². The smallest absolute Gasteiger partial charge is 0.221 e. The molecule has 0 aromatic heterocycles. The van der Waals surface area contributed by atoms with Crippen LogP contribution in [-0.2, 0) is 4.79 Å². The van der Waals surface area contributed by atoms with Gasteiger partial charge in [-0.1, -0.05) is 6.07 Å². The summed E-state index contributed by atoms with van der Waals surface area (Å²) in [5.41, 5.74) is 0.738. The first-order chi connectivity index (χ1) is 11.9. The Hall–Kier alpha value is -1.16. The summed E-state index contributed by atoms with van der Waals surface area (Å²) in [7, 11) is 1.81. The molecule has 1 heterocycles. The van der Waals surface area contributed by atoms with Crippen molar-refractivity contribution in [3.05, 3.63) is 24.3 Å². The third-order valence-corrected chi connectivity index (χ3v) is 5.04. The molecule has 0 unspecified atom stereocenters. The molecule has 1 amide bonds. The Morgan fingerprint density at radius 2 is 2.19 bits per heavy atom. The van der Waals surface area contributed by atoms with Crippen LogP contribution in [0.15, 0.2) is 29.3 Å². The second-order valence-electron chi connectivity index (χ2n) is 6.56. The maximum atomic E-state index is 11.1. The van der Waals surface area contributed by atoms with E-state index in [1.54, 1.807) is 0 Å². The summed E-state index contributed by atoms with van der Waals surface area (Å²) in [6.45, 7) is 9.20. The molecule has 0 spiro atoms. The average Bonchev–Trinajstić information content (AvgIpc) is 2.53. The van der Waals surface area contributed by atoms with E-state index in [9.17, 15) is 4.79 Å². The standard InChI is InChI=1S/C18H28N4O2S.HI/c1-14(23)21-15-6-5-7-16(12-15)24-10-8-20-17(19-4)22-9-11-25-18(2,3)13-22;/h5-7,12H,8-11,13H2,1-4H3,(H,19,20)(H,21,23);1H. The number of ether oxygens (including phenoxy) is 1. The van der Waals surface area contributed by atoms with Crippen molar-refractivity contribution in [3.63, 3.8) is 0 Å². The van der Waals surface area contributed by atoms with Crippen LogP contribution in [0.1, 0.15) is 20.8 Å². The molecular formula is C18H29IN4O2S. The minimum Gasteiger partial charge on any atom is -0.492 e. The molecule has 0 saturated carbocycles. The van der Waals surface area contributed by atoms with Crippen LogP contribution in [0.3, 0.4) is 0 Å². The number of hydrogen-bond donors (Lipinski definition) is 2. The van der Waals surface area contributed by atoms with Crippen molar-refractivity contribution < 1.29 is 9.53 Å². The van der Waals surface area contributed by atoms with Crippen molar-refractivity contribution in [3.8, 4) is 5.75 Å². The van der Waals surface area contributed by atoms with Gasteiger partial charge < -0.3 is 20.3 Å². The van der Waals surface area contributed by atoms with E-state index in [0.29, 0.717) is 13.2 Å². The highest BCUT2D eigenvalue weighted by Crippen LogP contribution is 2.29. The zero-order valence-electron chi connectivity index (χ0n) is 15.9. The number of carbonyl (C=O) groups is 1. The van der Waals surface area contributed by atoms with E-state index in [0.717, 1.165) is 36.2 Å². The van der Waals surface area contributed by atoms with E-state index in [4.69, 9.17) is 4.74 Å². The van der Waals surface area contributed by atoms with Gasteiger partial charge in [0.15, 0.2) is 5.96 Å². The molecule has 26 heavy (non-hydrogen) atoms. The fraction of sp³-hybridized carbons (Fsp3) is 0.556. The van der Waals surface area contributed by atoms with Crippen molar-refractivity contribution in [2.24, 2.45) is 4.99 Å². The van der Waals surface area contributed by atoms with E-state index in [1.165, 1.54) is 6.92 Å². The Labute approximate surface area is 177 Å². The van der Waals surface area contributed by atoms with Crippen molar-refractivity contribution in [2.75, 3.05) is 44.4 Å². The van der Waals surface area contributed by atoms with E-state index in [1.807, 2.05) is 43.1 Å². The van der Waals surface area contributed by atoms with Crippen LogP contribution in [0.25, 0.3) is 0 Å². The Bertz CT molecular complexity index is 625. The number of aliphatic imine (C=N–C) groups is 1. The van der Waals surface area contributed by atoms with Crippen LogP contribution < -0.4 is 15.4 Å². The number of hydrogen-bond acceptors (Lipinski definition) is 4. The summed E-state index contributed by atoms with van der Waals surface area (Å²) in [6.07, 6.45) is 0. The number of benzene rings is 1. The van der Waals surface area contributed by atoms with Crippen molar-refractivity contribution in [1.29, 1.82) is 0 Å². The molecule has 1 aliphatic heterocycles. The lowest BCUT2D eigenvalue weighted by molar-refractivity contribution is -0.114. The summed E-state index contributed by atoms with van der Waals surface area (Å²) in [6, 6.07) is 7.40. The minimum absolute atomic E-state index is 0. The number of nitrogens with one attached hydrogen (secondary N) is 2. The fourth-order valence-corrected chi connectivity index (χ4v) is 3.84. The molecular weight excluding hydrogens is 463 g/mol. The highest BCUT2D eigenvalue weighted by molar-refractivity contribution is 14.0. The molecule has 0 bridgehead atoms. The Morgan fingerprint density at radius 1 is 1.42 bits per heavy atom. The largest absolute Gasteiger partial charge is 0.492 e. The summed E-state index contributed by atoms with van der Waals surface area (Å²) in [5, 5.41) is 6.12. The van der Waals surface area contributed by atoms with Gasteiger partial charge >= 0.3 is 0 Å². The lowest BCUT2D eigenvalue weighted by Crippen LogP contribution is -2.51. The molecule has 8 heteroatoms. The summed E-state index contributed by atoms with van der Waals surface area (Å²) >= 11 is 2.00. The Kier molecular flexibility index (Phi) is 9.56. The summed E-state index contributed by atoms with van der Waals surface area (Å²) in [5.74, 6) is 2.67. The zero-order valence-corrected chi connectivity index (χ0v) is 19.0. The number of thioether (sulfide) groups is 1. The SMILES string of the molecule is CN=C(NCCOc1cccc(NC(C)=O)c1)N1CCSC(C)(C)C1.I. The van der Waals surface area contributed by atoms with Gasteiger partial charge in [-0.15, -0.1) is 24.0 Å². The second kappa shape index (κ2) is 10.9. The van der Waals surface area contributed by atoms with Gasteiger partial charge in [-0.3, -0.25) is 9.79 Å². The van der Waals surface area contributed by atoms with Gasteiger partial charge in [0, 0.05) is 49.3 Å². The Balaban J connectivity index is 0.00000338. The number of amides is 1. The molecule has 2 N–H and O–H groups in total. The summed E-state index contributed by atoms with van der Waals surface area (Å²) < 4.78 is 6.01. The molecule has 0 aliphatic carbocycles. The fourth-order valence-electron chi connectivity index (χ4n) is 2.73. The minimum atomic E-state index is -0.0924. The highest BCUT2D eigenvalue weighted by atomic mass is 127. The molecule has 0 atom stereocenters. The molecule has 1 saturated heterocycles. The molecule has 1 aliphatic rings. The van der Waals surface area contributed by atoms with Crippen LogP contribution in [0.5, 0.6) is 5.75 Å². The van der Waals surface area contributed by atoms with E-state index in [2.05, 4.69) is 34.4 Å². The van der Waals surface area contributed by atoms with Gasteiger partial charge in [0.1, 0.15) is 12.4 Å². The van der Waals surface area contributed by atoms with Gasteiger partial charge in [0.2, 0.25) is 5.91 Å². The predicted octanol–water partition coefficient (Wildman–Crippen LogP) is 3.04. The second-order valence-corrected chi connectivity index (χ2v) is 8.36.